The van der Waals surface area contributed by atoms with Crippen molar-refractivity contribution >= 4 is 5.69 Å². The van der Waals surface area contributed by atoms with Gasteiger partial charge in [-0.15, -0.1) is 0 Å². The Labute approximate surface area is 116 Å². The summed E-state index contributed by atoms with van der Waals surface area (Å²) in [6.45, 7) is 10.8. The van der Waals surface area contributed by atoms with Crippen LogP contribution < -0.4 is 10.2 Å². The van der Waals surface area contributed by atoms with E-state index in [0.717, 1.165) is 25.2 Å². The molecule has 1 aliphatic rings. The molecule has 1 aromatic rings. The minimum absolute atomic E-state index is 0.134. The van der Waals surface area contributed by atoms with Gasteiger partial charge in [-0.1, -0.05) is 26.8 Å². The van der Waals surface area contributed by atoms with E-state index in [-0.39, 0.29) is 5.82 Å². The van der Waals surface area contributed by atoms with E-state index in [2.05, 4.69) is 37.9 Å². The molecule has 0 bridgehead atoms. The molecule has 2 atom stereocenters. The van der Waals surface area contributed by atoms with Crippen molar-refractivity contribution in [1.29, 1.82) is 0 Å². The van der Waals surface area contributed by atoms with Crippen LogP contribution in [0, 0.1) is 11.7 Å². The van der Waals surface area contributed by atoms with Gasteiger partial charge in [0.2, 0.25) is 0 Å². The average molecular weight is 264 g/mol. The Hall–Kier alpha value is -1.09. The van der Waals surface area contributed by atoms with Crippen LogP contribution in [0.15, 0.2) is 18.2 Å². The first kappa shape index (κ1) is 14.3. The summed E-state index contributed by atoms with van der Waals surface area (Å²) in [6.07, 6.45) is 1.03. The Bertz CT molecular complexity index is 431. The van der Waals surface area contributed by atoms with Crippen molar-refractivity contribution in [2.45, 2.75) is 46.2 Å². The zero-order valence-corrected chi connectivity index (χ0v) is 12.4. The highest BCUT2D eigenvalue weighted by atomic mass is 19.1. The molecule has 2 rings (SSSR count). The van der Waals surface area contributed by atoms with Crippen LogP contribution in [0.4, 0.5) is 10.1 Å². The maximum Gasteiger partial charge on any atom is 0.125 e. The van der Waals surface area contributed by atoms with Crippen molar-refractivity contribution in [3.05, 3.63) is 29.6 Å². The molecule has 0 aromatic heterocycles. The van der Waals surface area contributed by atoms with Crippen LogP contribution in [0.5, 0.6) is 0 Å². The summed E-state index contributed by atoms with van der Waals surface area (Å²) < 4.78 is 13.4. The van der Waals surface area contributed by atoms with Gasteiger partial charge in [0.05, 0.1) is 0 Å². The second kappa shape index (κ2) is 5.91. The number of benzene rings is 1. The van der Waals surface area contributed by atoms with Gasteiger partial charge in [-0.05, 0) is 43.5 Å². The first-order valence-electron chi connectivity index (χ1n) is 7.27. The lowest BCUT2D eigenvalue weighted by atomic mass is 10.0. The summed E-state index contributed by atoms with van der Waals surface area (Å²) in [5.41, 5.74) is 2.36. The Kier molecular flexibility index (Phi) is 4.46. The molecule has 0 amide bonds. The normalized spacial score (nSPS) is 17.7. The van der Waals surface area contributed by atoms with Gasteiger partial charge in [0, 0.05) is 24.3 Å². The summed E-state index contributed by atoms with van der Waals surface area (Å²) in [7, 11) is 0. The van der Waals surface area contributed by atoms with Crippen molar-refractivity contribution in [1.82, 2.24) is 5.32 Å². The summed E-state index contributed by atoms with van der Waals surface area (Å²) in [4.78, 5) is 2.35. The highest BCUT2D eigenvalue weighted by molar-refractivity contribution is 5.58. The lowest BCUT2D eigenvalue weighted by molar-refractivity contribution is 0.408. The predicted octanol–water partition coefficient (Wildman–Crippen LogP) is 3.21. The standard InChI is InChI=1S/C16H25FN2/c1-11(2)18-10-12(3)13(4)19-8-7-14-5-6-15(17)9-16(14)19/h5-6,9,11-13,18H,7-8,10H2,1-4H3. The first-order chi connectivity index (χ1) is 8.99. The first-order valence-corrected chi connectivity index (χ1v) is 7.27. The maximum absolute atomic E-state index is 13.4. The summed E-state index contributed by atoms with van der Waals surface area (Å²) >= 11 is 0. The molecular weight excluding hydrogens is 239 g/mol. The Morgan fingerprint density at radius 2 is 2.00 bits per heavy atom. The summed E-state index contributed by atoms with van der Waals surface area (Å²) in [6, 6.07) is 6.11. The van der Waals surface area contributed by atoms with Crippen LogP contribution in [0.25, 0.3) is 0 Å². The molecule has 1 aliphatic heterocycles. The zero-order valence-electron chi connectivity index (χ0n) is 12.4. The van der Waals surface area contributed by atoms with E-state index in [0.29, 0.717) is 18.0 Å². The van der Waals surface area contributed by atoms with Gasteiger partial charge in [0.1, 0.15) is 5.82 Å². The van der Waals surface area contributed by atoms with E-state index in [4.69, 9.17) is 0 Å². The van der Waals surface area contributed by atoms with E-state index in [1.54, 1.807) is 12.1 Å². The fourth-order valence-corrected chi connectivity index (χ4v) is 2.70. The molecule has 0 aliphatic carbocycles. The second-order valence-corrected chi connectivity index (χ2v) is 6.00. The average Bonchev–Trinajstić information content (AvgIpc) is 2.77. The van der Waals surface area contributed by atoms with Crippen molar-refractivity contribution in [2.75, 3.05) is 18.0 Å². The lowest BCUT2D eigenvalue weighted by Gasteiger charge is -2.32. The smallest absolute Gasteiger partial charge is 0.125 e. The number of hydrogen-bond acceptors (Lipinski definition) is 2. The monoisotopic (exact) mass is 264 g/mol. The van der Waals surface area contributed by atoms with E-state index in [9.17, 15) is 4.39 Å². The molecule has 0 spiro atoms. The Morgan fingerprint density at radius 1 is 1.26 bits per heavy atom. The number of hydrogen-bond donors (Lipinski definition) is 1. The van der Waals surface area contributed by atoms with Crippen LogP contribution in [0.2, 0.25) is 0 Å². The predicted molar refractivity (Wildman–Crippen MR) is 79.2 cm³/mol. The fourth-order valence-electron chi connectivity index (χ4n) is 2.70. The fraction of sp³-hybridized carbons (Fsp3) is 0.625. The number of rotatable bonds is 5. The van der Waals surface area contributed by atoms with E-state index in [1.807, 2.05) is 6.07 Å². The van der Waals surface area contributed by atoms with Gasteiger partial charge in [-0.25, -0.2) is 4.39 Å². The van der Waals surface area contributed by atoms with Gasteiger partial charge in [0.15, 0.2) is 0 Å². The van der Waals surface area contributed by atoms with Crippen LogP contribution in [-0.2, 0) is 6.42 Å². The quantitative estimate of drug-likeness (QED) is 0.878. The molecule has 2 unspecified atom stereocenters. The number of halogens is 1. The molecule has 0 fully saturated rings. The molecule has 0 saturated carbocycles. The summed E-state index contributed by atoms with van der Waals surface area (Å²) in [5, 5.41) is 3.48. The molecule has 1 heterocycles. The number of anilines is 1. The van der Waals surface area contributed by atoms with Gasteiger partial charge in [0.25, 0.3) is 0 Å². The van der Waals surface area contributed by atoms with E-state index >= 15 is 0 Å². The molecule has 0 radical (unpaired) electrons. The largest absolute Gasteiger partial charge is 0.368 e. The third-order valence-corrected chi connectivity index (χ3v) is 4.14. The van der Waals surface area contributed by atoms with Gasteiger partial charge >= 0.3 is 0 Å². The van der Waals surface area contributed by atoms with E-state index in [1.165, 1.54) is 5.56 Å². The van der Waals surface area contributed by atoms with Crippen molar-refractivity contribution in [3.63, 3.8) is 0 Å². The number of nitrogens with zero attached hydrogens (tertiary/aromatic N) is 1. The molecule has 1 N–H and O–H groups in total. The Balaban J connectivity index is 2.05. The number of fused-ring (bicyclic) bond motifs is 1. The third-order valence-electron chi connectivity index (χ3n) is 4.14. The minimum Gasteiger partial charge on any atom is -0.368 e. The molecule has 2 nitrogen and oxygen atoms in total. The van der Waals surface area contributed by atoms with Crippen molar-refractivity contribution in [3.8, 4) is 0 Å². The van der Waals surface area contributed by atoms with Gasteiger partial charge in [-0.3, -0.25) is 0 Å². The van der Waals surface area contributed by atoms with Crippen molar-refractivity contribution < 1.29 is 4.39 Å². The topological polar surface area (TPSA) is 15.3 Å². The van der Waals surface area contributed by atoms with Crippen LogP contribution >= 0.6 is 0 Å². The highest BCUT2D eigenvalue weighted by Crippen LogP contribution is 2.31. The SMILES string of the molecule is CC(C)NCC(C)C(C)N1CCc2ccc(F)cc21. The Morgan fingerprint density at radius 3 is 2.68 bits per heavy atom. The van der Waals surface area contributed by atoms with Crippen molar-refractivity contribution in [2.24, 2.45) is 5.92 Å². The van der Waals surface area contributed by atoms with E-state index < -0.39 is 0 Å². The molecular formula is C16H25FN2. The van der Waals surface area contributed by atoms with Gasteiger partial charge in [-0.2, -0.15) is 0 Å². The third kappa shape index (κ3) is 3.27. The summed E-state index contributed by atoms with van der Waals surface area (Å²) in [5.74, 6) is 0.405. The van der Waals surface area contributed by atoms with Crippen LogP contribution in [-0.4, -0.2) is 25.2 Å². The van der Waals surface area contributed by atoms with Gasteiger partial charge < -0.3 is 10.2 Å². The zero-order chi connectivity index (χ0) is 14.0. The second-order valence-electron chi connectivity index (χ2n) is 6.00. The molecule has 106 valence electrons. The van der Waals surface area contributed by atoms with Crippen LogP contribution in [0.3, 0.4) is 0 Å². The lowest BCUT2D eigenvalue weighted by Crippen LogP contribution is -2.41. The minimum atomic E-state index is -0.134. The maximum atomic E-state index is 13.4. The molecule has 0 saturated heterocycles. The number of nitrogens with one attached hydrogen (secondary N) is 1. The van der Waals surface area contributed by atoms with Crippen LogP contribution in [0.1, 0.15) is 33.3 Å². The molecule has 1 aromatic carbocycles. The highest BCUT2D eigenvalue weighted by Gasteiger charge is 2.26. The molecule has 19 heavy (non-hydrogen) atoms. The molecule has 3 heteroatoms.